The number of aliphatic hydroxyl groups excluding tert-OH is 3. The molecular formula is C60H99N3O17. The smallest absolute Gasteiger partial charge is 0.329 e. The van der Waals surface area contributed by atoms with E-state index in [2.05, 4.69) is 10.5 Å². The molecular weight excluding hydrogens is 1030 g/mol. The van der Waals surface area contributed by atoms with Crippen molar-refractivity contribution in [2.75, 3.05) is 81.2 Å². The maximum Gasteiger partial charge on any atom is 0.329 e. The van der Waals surface area contributed by atoms with Gasteiger partial charge in [0.1, 0.15) is 24.4 Å². The molecule has 3 aliphatic heterocycles. The number of hydrogen-bond donors (Lipinski definition) is 5. The molecule has 16 atom stereocenters. The number of piperidine rings is 1. The molecule has 4 rings (SSSR count). The highest BCUT2D eigenvalue weighted by Gasteiger charge is 2.53. The number of carbonyl (C=O) groups excluding carboxylic acids is 4. The highest BCUT2D eigenvalue weighted by Crippen LogP contribution is 2.38. The minimum Gasteiger partial charge on any atom is -0.460 e. The fourth-order valence-electron chi connectivity index (χ4n) is 11.4. The standard InChI is InChI=1S/C60H99N3O17/c1-38-17-13-12-14-18-39(2)50(73-9)35-46-22-20-44(7)60(71,80-46)57(68)58(69)63-25-16-15-19-47(63)59(70)79-51(41(4)33-45-21-23-48(64)52(34-45)74-10)36-49(65)40(3)32-43(6)55(67)56(75-11)54(42(5)31-38)62-78-37-53(66)61-24-26-76-29-30-77-28-27-72-8/h12-14,17-18,32,38,40-42,44-52,55-56,64-65,67,71H,15-16,19-31,33-37H2,1-11H3,(H,61,66)/b14-12+,17-13+,39-18+,43-32+,62-54+/t38-,40-,41-,42-,44-,45+,46+,47+,48-,49-,50+,51+,52-,55-,56+,60-/m1/s1. The number of hydrogen-bond acceptors (Lipinski definition) is 18. The lowest BCUT2D eigenvalue weighted by Crippen LogP contribution is -2.61. The molecule has 0 radical (unpaired) electrons. The number of oxime groups is 1. The molecule has 80 heavy (non-hydrogen) atoms. The predicted molar refractivity (Wildman–Crippen MR) is 301 cm³/mol. The van der Waals surface area contributed by atoms with E-state index in [-0.39, 0.29) is 62.3 Å². The summed E-state index contributed by atoms with van der Waals surface area (Å²) in [6, 6.07) is -1.14. The zero-order valence-corrected chi connectivity index (χ0v) is 49.8. The van der Waals surface area contributed by atoms with Gasteiger partial charge < -0.3 is 73.4 Å². The van der Waals surface area contributed by atoms with Crippen LogP contribution in [0.15, 0.2) is 52.8 Å². The van der Waals surface area contributed by atoms with Crippen molar-refractivity contribution in [1.82, 2.24) is 10.2 Å². The van der Waals surface area contributed by atoms with Gasteiger partial charge in [-0.15, -0.1) is 0 Å². The van der Waals surface area contributed by atoms with Crippen LogP contribution in [-0.4, -0.2) is 196 Å². The Morgan fingerprint density at radius 3 is 2.25 bits per heavy atom. The van der Waals surface area contributed by atoms with Gasteiger partial charge in [0.15, 0.2) is 6.61 Å². The summed E-state index contributed by atoms with van der Waals surface area (Å²) in [6.07, 6.45) is 10.7. The first-order valence-corrected chi connectivity index (χ1v) is 29.1. The van der Waals surface area contributed by atoms with Crippen molar-refractivity contribution in [3.05, 3.63) is 47.6 Å². The molecule has 0 unspecified atom stereocenters. The Bertz CT molecular complexity index is 2070. The monoisotopic (exact) mass is 1130 g/mol. The third-order valence-corrected chi connectivity index (χ3v) is 16.4. The average Bonchev–Trinajstić information content (AvgIpc) is 3.58. The zero-order valence-electron chi connectivity index (χ0n) is 49.8. The Kier molecular flexibility index (Phi) is 30.2. The normalized spacial score (nSPS) is 36.4. The molecule has 2 amide bonds. The fourth-order valence-corrected chi connectivity index (χ4v) is 11.4. The molecule has 20 heteroatoms. The lowest BCUT2D eigenvalue weighted by atomic mass is 9.78. The number of nitrogens with one attached hydrogen (secondary N) is 1. The molecule has 456 valence electrons. The quantitative estimate of drug-likeness (QED) is 0.0369. The molecule has 0 aromatic rings. The van der Waals surface area contributed by atoms with E-state index in [9.17, 15) is 39.6 Å². The first-order chi connectivity index (χ1) is 38.2. The molecule has 1 aliphatic carbocycles. The summed E-state index contributed by atoms with van der Waals surface area (Å²) < 4.78 is 46.0. The first kappa shape index (κ1) is 68.6. The maximum absolute atomic E-state index is 14.6. The summed E-state index contributed by atoms with van der Waals surface area (Å²) in [5.74, 6) is -7.58. The van der Waals surface area contributed by atoms with E-state index in [1.54, 1.807) is 48.2 Å². The predicted octanol–water partition coefficient (Wildman–Crippen LogP) is 5.57. The summed E-state index contributed by atoms with van der Waals surface area (Å²) in [5.41, 5.74) is 1.70. The van der Waals surface area contributed by atoms with Crippen molar-refractivity contribution in [3.8, 4) is 0 Å². The number of aliphatic hydroxyl groups is 4. The Morgan fingerprint density at radius 2 is 1.55 bits per heavy atom. The van der Waals surface area contributed by atoms with Gasteiger partial charge in [0.25, 0.3) is 17.6 Å². The van der Waals surface area contributed by atoms with Crippen molar-refractivity contribution in [3.63, 3.8) is 0 Å². The second-order valence-electron chi connectivity index (χ2n) is 22.7. The number of fused-ring (bicyclic) bond motifs is 3. The van der Waals surface area contributed by atoms with Crippen LogP contribution < -0.4 is 5.32 Å². The number of esters is 1. The van der Waals surface area contributed by atoms with Crippen LogP contribution in [0.2, 0.25) is 0 Å². The van der Waals surface area contributed by atoms with E-state index in [1.807, 2.05) is 58.1 Å². The van der Waals surface area contributed by atoms with Gasteiger partial charge in [-0.3, -0.25) is 14.4 Å². The molecule has 5 N–H and O–H groups in total. The number of methoxy groups -OCH3 is 4. The van der Waals surface area contributed by atoms with Gasteiger partial charge in [-0.2, -0.15) is 0 Å². The summed E-state index contributed by atoms with van der Waals surface area (Å²) in [5, 5.41) is 54.0. The summed E-state index contributed by atoms with van der Waals surface area (Å²) in [6.45, 7) is 15.0. The van der Waals surface area contributed by atoms with Crippen molar-refractivity contribution >= 4 is 29.3 Å². The molecule has 0 aromatic carbocycles. The van der Waals surface area contributed by atoms with E-state index < -0.39 is 96.6 Å². The summed E-state index contributed by atoms with van der Waals surface area (Å²) >= 11 is 0. The second kappa shape index (κ2) is 35.3. The van der Waals surface area contributed by atoms with Gasteiger partial charge in [0.2, 0.25) is 5.79 Å². The van der Waals surface area contributed by atoms with Gasteiger partial charge in [0, 0.05) is 72.1 Å². The van der Waals surface area contributed by atoms with E-state index >= 15 is 0 Å². The van der Waals surface area contributed by atoms with Crippen LogP contribution >= 0.6 is 0 Å². The molecule has 20 nitrogen and oxygen atoms in total. The molecule has 3 fully saturated rings. The third-order valence-electron chi connectivity index (χ3n) is 16.4. The number of nitrogens with zero attached hydrogens (tertiary/aromatic N) is 2. The van der Waals surface area contributed by atoms with Gasteiger partial charge in [0.05, 0.1) is 69.3 Å². The molecule has 2 bridgehead atoms. The first-order valence-electron chi connectivity index (χ1n) is 29.1. The zero-order chi connectivity index (χ0) is 58.9. The van der Waals surface area contributed by atoms with Crippen LogP contribution in [0.1, 0.15) is 126 Å². The Balaban J connectivity index is 1.69. The van der Waals surface area contributed by atoms with Crippen LogP contribution in [0.5, 0.6) is 0 Å². The fraction of sp³-hybridized carbons (Fsp3) is 0.783. The van der Waals surface area contributed by atoms with Crippen molar-refractivity contribution in [2.45, 2.75) is 186 Å². The van der Waals surface area contributed by atoms with E-state index in [0.29, 0.717) is 95.5 Å². The third kappa shape index (κ3) is 21.0. The highest BCUT2D eigenvalue weighted by atomic mass is 16.6. The topological polar surface area (TPSA) is 260 Å². The van der Waals surface area contributed by atoms with Crippen LogP contribution in [0.25, 0.3) is 0 Å². The highest BCUT2D eigenvalue weighted by molar-refractivity contribution is 6.39. The number of amides is 2. The van der Waals surface area contributed by atoms with Gasteiger partial charge in [-0.05, 0) is 107 Å². The molecule has 4 aliphatic rings. The van der Waals surface area contributed by atoms with Crippen LogP contribution in [0.3, 0.4) is 0 Å². The number of rotatable bonds is 18. The number of cyclic esters (lactones) is 1. The van der Waals surface area contributed by atoms with Crippen LogP contribution in [0, 0.1) is 35.5 Å². The lowest BCUT2D eigenvalue weighted by Gasteiger charge is -2.43. The minimum atomic E-state index is -2.44. The maximum atomic E-state index is 14.6. The lowest BCUT2D eigenvalue weighted by molar-refractivity contribution is -0.265. The molecule has 3 heterocycles. The number of ketones is 1. The minimum absolute atomic E-state index is 0.00157. The number of carbonyl (C=O) groups is 4. The van der Waals surface area contributed by atoms with Gasteiger partial charge in [-0.1, -0.05) is 76.2 Å². The van der Waals surface area contributed by atoms with Crippen molar-refractivity contribution in [1.29, 1.82) is 0 Å². The van der Waals surface area contributed by atoms with Gasteiger partial charge in [-0.25, -0.2) is 4.79 Å². The average molecular weight is 1130 g/mol. The van der Waals surface area contributed by atoms with E-state index in [0.717, 1.165) is 12.0 Å². The Morgan fingerprint density at radius 1 is 0.825 bits per heavy atom. The van der Waals surface area contributed by atoms with E-state index in [1.165, 1.54) is 12.0 Å². The Labute approximate surface area is 475 Å². The number of allylic oxidation sites excluding steroid dienone is 5. The molecule has 0 aromatic heterocycles. The van der Waals surface area contributed by atoms with E-state index in [4.69, 9.17) is 42.7 Å². The number of ether oxygens (including phenoxy) is 8. The Hall–Kier alpha value is -3.93. The molecule has 2 saturated heterocycles. The van der Waals surface area contributed by atoms with Crippen LogP contribution in [-0.2, 0) is 61.9 Å². The van der Waals surface area contributed by atoms with Gasteiger partial charge >= 0.3 is 5.97 Å². The molecule has 0 spiro atoms. The largest absolute Gasteiger partial charge is 0.460 e. The number of Topliss-reactive ketones (excluding diaryl/α,β-unsaturated/α-hetero) is 1. The molecule has 1 saturated carbocycles. The van der Waals surface area contributed by atoms with Crippen LogP contribution in [0.4, 0.5) is 0 Å². The second-order valence-corrected chi connectivity index (χ2v) is 22.7. The summed E-state index contributed by atoms with van der Waals surface area (Å²) in [4.78, 5) is 63.1. The SMILES string of the molecule is COCCOCCOCCNC(=O)CO/N=C1\[C@H](C)C[C@H](C)/C=C/C=C/C=C(\C)[C@@H](OC)C[C@@H]2CC[C@@H](C)[C@@](O)(O2)C(=O)C(=O)N2CCCC[C@H]2C(=O)O[C@H]([C@H](C)C[C@@H]2CC[C@@H](O)[C@H](OC)C2)C[C@@H](O)[C@H](C)/C=C(\C)[C@@H](O)[C@H]1OC. The van der Waals surface area contributed by atoms with Crippen molar-refractivity contribution < 1.29 is 82.3 Å². The van der Waals surface area contributed by atoms with Crippen molar-refractivity contribution in [2.24, 2.45) is 40.7 Å². The summed E-state index contributed by atoms with van der Waals surface area (Å²) in [7, 11) is 6.21.